The normalized spacial score (nSPS) is 11.3. The minimum absolute atomic E-state index is 0.0685. The Morgan fingerprint density at radius 3 is 2.81 bits per heavy atom. The number of nitrogens with one attached hydrogen (secondary N) is 3. The van der Waals surface area contributed by atoms with Crippen LogP contribution >= 0.6 is 0 Å². The third-order valence-electron chi connectivity index (χ3n) is 1.59. The van der Waals surface area contributed by atoms with Crippen LogP contribution in [0.25, 0.3) is 0 Å². The summed E-state index contributed by atoms with van der Waals surface area (Å²) in [6, 6.07) is 1.09. The number of aromatic nitrogens is 2. The summed E-state index contributed by atoms with van der Waals surface area (Å²) in [7, 11) is -3.68. The predicted molar refractivity (Wildman–Crippen MR) is 56.4 cm³/mol. The van der Waals surface area contributed by atoms with Crippen molar-refractivity contribution in [3.05, 3.63) is 11.8 Å². The van der Waals surface area contributed by atoms with E-state index in [4.69, 9.17) is 5.11 Å². The van der Waals surface area contributed by atoms with Crippen LogP contribution in [0.3, 0.4) is 0 Å². The summed E-state index contributed by atoms with van der Waals surface area (Å²) in [5, 5.41) is 14.2. The number of hydrogen-bond donors (Lipinski definition) is 4. The van der Waals surface area contributed by atoms with Gasteiger partial charge < -0.3 is 5.11 Å². The van der Waals surface area contributed by atoms with Gasteiger partial charge in [0.1, 0.15) is 5.69 Å². The first-order valence-electron chi connectivity index (χ1n) is 4.50. The smallest absolute Gasteiger partial charge is 0.353 e. The molecule has 1 aromatic rings. The van der Waals surface area contributed by atoms with Crippen LogP contribution in [0.15, 0.2) is 6.07 Å². The molecular formula is C7H12N4O4S. The van der Waals surface area contributed by atoms with Crippen molar-refractivity contribution < 1.29 is 18.3 Å². The van der Waals surface area contributed by atoms with E-state index in [1.165, 1.54) is 0 Å². The Labute approximate surface area is 92.2 Å². The molecule has 0 bridgehead atoms. The maximum absolute atomic E-state index is 11.3. The average Bonchev–Trinajstić information content (AvgIpc) is 2.62. The Hall–Kier alpha value is -1.61. The molecule has 0 spiro atoms. The van der Waals surface area contributed by atoms with Crippen molar-refractivity contribution >= 4 is 22.0 Å². The van der Waals surface area contributed by atoms with Crippen LogP contribution in [0.4, 0.5) is 5.82 Å². The van der Waals surface area contributed by atoms with Crippen LogP contribution in [-0.4, -0.2) is 36.2 Å². The second-order valence-corrected chi connectivity index (χ2v) is 4.47. The van der Waals surface area contributed by atoms with Gasteiger partial charge in [0.25, 0.3) is 10.2 Å². The molecular weight excluding hydrogens is 236 g/mol. The van der Waals surface area contributed by atoms with Crippen LogP contribution in [0.5, 0.6) is 0 Å². The average molecular weight is 248 g/mol. The molecule has 8 nitrogen and oxygen atoms in total. The first kappa shape index (κ1) is 12.5. The Kier molecular flexibility index (Phi) is 3.85. The Morgan fingerprint density at radius 1 is 1.62 bits per heavy atom. The molecule has 0 aliphatic rings. The molecule has 1 aromatic heterocycles. The summed E-state index contributed by atoms with van der Waals surface area (Å²) in [5.41, 5.74) is -0.187. The van der Waals surface area contributed by atoms with Crippen LogP contribution in [0, 0.1) is 0 Å². The standard InChI is InChI=1S/C7H12N4O4S/c1-2-3-8-16(14,15)11-6-4-5(7(12)13)9-10-6/h4,8H,2-3H2,1H3,(H,12,13)(H2,9,10,11). The van der Waals surface area contributed by atoms with Crippen molar-refractivity contribution in [1.29, 1.82) is 0 Å². The van der Waals surface area contributed by atoms with E-state index in [0.29, 0.717) is 13.0 Å². The molecule has 1 rings (SSSR count). The number of rotatable bonds is 6. The van der Waals surface area contributed by atoms with Crippen molar-refractivity contribution in [2.24, 2.45) is 0 Å². The van der Waals surface area contributed by atoms with Crippen molar-refractivity contribution in [2.45, 2.75) is 13.3 Å². The summed E-state index contributed by atoms with van der Waals surface area (Å²) in [4.78, 5) is 10.5. The number of H-pyrrole nitrogens is 1. The van der Waals surface area contributed by atoms with E-state index in [1.807, 2.05) is 6.92 Å². The number of carboxylic acids is 1. The summed E-state index contributed by atoms with van der Waals surface area (Å²) >= 11 is 0. The zero-order chi connectivity index (χ0) is 12.2. The highest BCUT2D eigenvalue weighted by Gasteiger charge is 2.13. The molecule has 0 radical (unpaired) electrons. The molecule has 4 N–H and O–H groups in total. The van der Waals surface area contributed by atoms with Crippen LogP contribution in [-0.2, 0) is 10.2 Å². The van der Waals surface area contributed by atoms with Gasteiger partial charge in [-0.25, -0.2) is 4.79 Å². The maximum atomic E-state index is 11.3. The number of aromatic amines is 1. The van der Waals surface area contributed by atoms with Gasteiger partial charge >= 0.3 is 5.97 Å². The fourth-order valence-electron chi connectivity index (χ4n) is 0.894. The maximum Gasteiger partial charge on any atom is 0.353 e. The van der Waals surface area contributed by atoms with Gasteiger partial charge in [-0.2, -0.15) is 18.2 Å². The van der Waals surface area contributed by atoms with E-state index in [0.717, 1.165) is 6.07 Å². The summed E-state index contributed by atoms with van der Waals surface area (Å²) < 4.78 is 27.0. The lowest BCUT2D eigenvalue weighted by Crippen LogP contribution is -2.30. The number of hydrogen-bond acceptors (Lipinski definition) is 4. The molecule has 0 atom stereocenters. The Bertz CT molecular complexity index is 466. The van der Waals surface area contributed by atoms with E-state index in [-0.39, 0.29) is 11.5 Å². The SMILES string of the molecule is CCCNS(=O)(=O)Nc1cc(C(=O)O)[nH]n1. The summed E-state index contributed by atoms with van der Waals surface area (Å²) in [6.07, 6.45) is 0.655. The second-order valence-electron chi connectivity index (χ2n) is 2.97. The van der Waals surface area contributed by atoms with Crippen molar-refractivity contribution in [2.75, 3.05) is 11.3 Å². The van der Waals surface area contributed by atoms with Crippen molar-refractivity contribution in [3.8, 4) is 0 Å². The van der Waals surface area contributed by atoms with Crippen molar-refractivity contribution in [3.63, 3.8) is 0 Å². The molecule has 0 aliphatic carbocycles. The van der Waals surface area contributed by atoms with Gasteiger partial charge in [0.15, 0.2) is 5.82 Å². The highest BCUT2D eigenvalue weighted by Crippen LogP contribution is 2.06. The molecule has 9 heteroatoms. The van der Waals surface area contributed by atoms with Crippen molar-refractivity contribution in [1.82, 2.24) is 14.9 Å². The topological polar surface area (TPSA) is 124 Å². The molecule has 0 amide bonds. The molecule has 0 aliphatic heterocycles. The number of carbonyl (C=O) groups is 1. The highest BCUT2D eigenvalue weighted by molar-refractivity contribution is 7.90. The van der Waals surface area contributed by atoms with Gasteiger partial charge in [0.05, 0.1) is 0 Å². The van der Waals surface area contributed by atoms with Crippen LogP contribution in [0.1, 0.15) is 23.8 Å². The summed E-state index contributed by atoms with van der Waals surface area (Å²) in [5.74, 6) is -1.28. The minimum Gasteiger partial charge on any atom is -0.477 e. The Balaban J connectivity index is 2.69. The van der Waals surface area contributed by atoms with Gasteiger partial charge in [-0.05, 0) is 6.42 Å². The molecule has 0 unspecified atom stereocenters. The first-order valence-corrected chi connectivity index (χ1v) is 5.99. The number of aromatic carboxylic acids is 1. The molecule has 1 heterocycles. The molecule has 0 aromatic carbocycles. The highest BCUT2D eigenvalue weighted by atomic mass is 32.2. The minimum atomic E-state index is -3.68. The largest absolute Gasteiger partial charge is 0.477 e. The third-order valence-corrected chi connectivity index (χ3v) is 2.65. The van der Waals surface area contributed by atoms with Crippen LogP contribution in [0.2, 0.25) is 0 Å². The fraction of sp³-hybridized carbons (Fsp3) is 0.429. The molecule has 0 saturated heterocycles. The monoisotopic (exact) mass is 248 g/mol. The lowest BCUT2D eigenvalue weighted by atomic mass is 10.4. The zero-order valence-corrected chi connectivity index (χ0v) is 9.34. The molecule has 90 valence electrons. The number of nitrogens with zero attached hydrogens (tertiary/aromatic N) is 1. The van der Waals surface area contributed by atoms with E-state index in [9.17, 15) is 13.2 Å². The van der Waals surface area contributed by atoms with Gasteiger partial charge in [-0.1, -0.05) is 6.92 Å². The first-order chi connectivity index (χ1) is 7.44. The Morgan fingerprint density at radius 2 is 2.31 bits per heavy atom. The van der Waals surface area contributed by atoms with Crippen LogP contribution < -0.4 is 9.44 Å². The third kappa shape index (κ3) is 3.51. The predicted octanol–water partition coefficient (Wildman–Crippen LogP) is -0.236. The van der Waals surface area contributed by atoms with Gasteiger partial charge in [0, 0.05) is 12.6 Å². The number of carboxylic acid groups (broad SMARTS) is 1. The van der Waals surface area contributed by atoms with E-state index in [2.05, 4.69) is 19.6 Å². The zero-order valence-electron chi connectivity index (χ0n) is 8.52. The summed E-state index contributed by atoms with van der Waals surface area (Å²) in [6.45, 7) is 2.12. The molecule has 0 saturated carbocycles. The fourth-order valence-corrected chi connectivity index (χ4v) is 1.82. The van der Waals surface area contributed by atoms with E-state index >= 15 is 0 Å². The lowest BCUT2D eigenvalue weighted by Gasteiger charge is -2.04. The lowest BCUT2D eigenvalue weighted by molar-refractivity contribution is 0.0690. The molecule has 16 heavy (non-hydrogen) atoms. The van der Waals surface area contributed by atoms with Gasteiger partial charge in [-0.15, -0.1) is 0 Å². The van der Waals surface area contributed by atoms with E-state index < -0.39 is 16.2 Å². The van der Waals surface area contributed by atoms with Gasteiger partial charge in [0.2, 0.25) is 0 Å². The molecule has 0 fully saturated rings. The second kappa shape index (κ2) is 4.94. The van der Waals surface area contributed by atoms with E-state index in [1.54, 1.807) is 0 Å². The number of anilines is 1. The van der Waals surface area contributed by atoms with Gasteiger partial charge in [-0.3, -0.25) is 9.82 Å². The quantitative estimate of drug-likeness (QED) is 0.553.